The number of carbonyl (C=O) groups is 1. The summed E-state index contributed by atoms with van der Waals surface area (Å²) in [5, 5.41) is 10.3. The van der Waals surface area contributed by atoms with Gasteiger partial charge in [0.15, 0.2) is 0 Å². The lowest BCUT2D eigenvalue weighted by Crippen LogP contribution is -2.37. The van der Waals surface area contributed by atoms with Crippen LogP contribution >= 0.6 is 11.3 Å². The van der Waals surface area contributed by atoms with Crippen molar-refractivity contribution in [2.45, 2.75) is 44.9 Å². The van der Waals surface area contributed by atoms with Crippen LogP contribution in [0, 0.1) is 11.3 Å². The first-order valence-corrected chi connectivity index (χ1v) is 9.51. The van der Waals surface area contributed by atoms with E-state index in [1.54, 1.807) is 20.8 Å². The predicted octanol–water partition coefficient (Wildman–Crippen LogP) is 1.94. The molecule has 9 heteroatoms. The van der Waals surface area contributed by atoms with E-state index in [2.05, 4.69) is 22.4 Å². The summed E-state index contributed by atoms with van der Waals surface area (Å²) in [6.45, 7) is 8.45. The van der Waals surface area contributed by atoms with Crippen molar-refractivity contribution in [1.82, 2.24) is 14.5 Å². The van der Waals surface area contributed by atoms with Crippen molar-refractivity contribution in [2.24, 2.45) is 11.3 Å². The Morgan fingerprint density at radius 1 is 1.27 bits per heavy atom. The van der Waals surface area contributed by atoms with Crippen LogP contribution in [0.25, 0.3) is 0 Å². The standard InChI is InChI=1S/C13H22N4O3S2/c1-9-5-7-17(8-6-9)22(19,20)12-16-15-11(21-12)14-10(18)13(2,3)4/h9H,5-8H2,1-4H3,(H,14,15,18). The summed E-state index contributed by atoms with van der Waals surface area (Å²) in [4.78, 5) is 11.9. The van der Waals surface area contributed by atoms with E-state index >= 15 is 0 Å². The smallest absolute Gasteiger partial charge is 0.272 e. The van der Waals surface area contributed by atoms with Gasteiger partial charge in [-0.15, -0.1) is 10.2 Å². The molecule has 0 spiro atoms. The van der Waals surface area contributed by atoms with Gasteiger partial charge < -0.3 is 5.32 Å². The summed E-state index contributed by atoms with van der Waals surface area (Å²) < 4.78 is 26.4. The van der Waals surface area contributed by atoms with Crippen molar-refractivity contribution in [3.05, 3.63) is 0 Å². The van der Waals surface area contributed by atoms with Gasteiger partial charge in [0.25, 0.3) is 10.0 Å². The van der Waals surface area contributed by atoms with Gasteiger partial charge in [0.05, 0.1) is 0 Å². The Hall–Kier alpha value is -1.06. The monoisotopic (exact) mass is 346 g/mol. The molecule has 0 atom stereocenters. The zero-order chi connectivity index (χ0) is 16.5. The zero-order valence-electron chi connectivity index (χ0n) is 13.3. The molecule has 0 aromatic carbocycles. The lowest BCUT2D eigenvalue weighted by molar-refractivity contribution is -0.123. The maximum absolute atomic E-state index is 12.5. The summed E-state index contributed by atoms with van der Waals surface area (Å²) in [6.07, 6.45) is 1.71. The normalized spacial score (nSPS) is 18.4. The number of sulfonamides is 1. The first-order valence-electron chi connectivity index (χ1n) is 7.26. The quantitative estimate of drug-likeness (QED) is 0.845. The van der Waals surface area contributed by atoms with Crippen LogP contribution in [0.3, 0.4) is 0 Å². The second-order valence-electron chi connectivity index (χ2n) is 6.66. The van der Waals surface area contributed by atoms with Crippen LogP contribution in [-0.2, 0) is 14.8 Å². The highest BCUT2D eigenvalue weighted by atomic mass is 32.2. The number of anilines is 1. The Bertz CT molecular complexity index is 640. The molecule has 1 saturated heterocycles. The van der Waals surface area contributed by atoms with Crippen LogP contribution in [0.5, 0.6) is 0 Å². The molecule has 1 fully saturated rings. The molecule has 0 bridgehead atoms. The molecule has 1 amide bonds. The Morgan fingerprint density at radius 3 is 2.41 bits per heavy atom. The molecule has 1 aliphatic rings. The van der Waals surface area contributed by atoms with Gasteiger partial charge in [-0.25, -0.2) is 8.42 Å². The van der Waals surface area contributed by atoms with Gasteiger partial charge in [-0.1, -0.05) is 39.0 Å². The maximum atomic E-state index is 12.5. The van der Waals surface area contributed by atoms with E-state index < -0.39 is 15.4 Å². The fraction of sp³-hybridized carbons (Fsp3) is 0.769. The number of aromatic nitrogens is 2. The fourth-order valence-electron chi connectivity index (χ4n) is 1.98. The number of hydrogen-bond acceptors (Lipinski definition) is 6. The second kappa shape index (κ2) is 6.21. The number of carbonyl (C=O) groups excluding carboxylic acids is 1. The first-order chi connectivity index (χ1) is 10.1. The Balaban J connectivity index is 2.12. The molecule has 1 aliphatic heterocycles. The molecule has 1 aromatic heterocycles. The van der Waals surface area contributed by atoms with E-state index in [0.717, 1.165) is 24.2 Å². The lowest BCUT2D eigenvalue weighted by Gasteiger charge is -2.28. The summed E-state index contributed by atoms with van der Waals surface area (Å²) in [5.41, 5.74) is -0.576. The molecule has 1 aromatic rings. The fourth-order valence-corrected chi connectivity index (χ4v) is 4.49. The zero-order valence-corrected chi connectivity index (χ0v) is 14.9. The number of nitrogens with one attached hydrogen (secondary N) is 1. The third kappa shape index (κ3) is 3.82. The number of piperidine rings is 1. The molecule has 7 nitrogen and oxygen atoms in total. The van der Waals surface area contributed by atoms with Crippen molar-refractivity contribution in [2.75, 3.05) is 18.4 Å². The van der Waals surface area contributed by atoms with Crippen LogP contribution in [0.4, 0.5) is 5.13 Å². The first kappa shape index (κ1) is 17.3. The number of rotatable bonds is 3. The minimum Gasteiger partial charge on any atom is -0.300 e. The molecule has 0 aliphatic carbocycles. The summed E-state index contributed by atoms with van der Waals surface area (Å²) in [6, 6.07) is 0. The van der Waals surface area contributed by atoms with Crippen molar-refractivity contribution >= 4 is 32.4 Å². The van der Waals surface area contributed by atoms with Crippen molar-refractivity contribution in [3.8, 4) is 0 Å². The topological polar surface area (TPSA) is 92.3 Å². The molecule has 1 N–H and O–H groups in total. The molecule has 2 heterocycles. The minimum atomic E-state index is -3.61. The van der Waals surface area contributed by atoms with Crippen LogP contribution in [-0.4, -0.2) is 41.9 Å². The molecular formula is C13H22N4O3S2. The van der Waals surface area contributed by atoms with Crippen molar-refractivity contribution in [1.29, 1.82) is 0 Å². The highest BCUT2D eigenvalue weighted by Crippen LogP contribution is 2.27. The lowest BCUT2D eigenvalue weighted by atomic mass is 9.96. The summed E-state index contributed by atoms with van der Waals surface area (Å²) >= 11 is 0.895. The van der Waals surface area contributed by atoms with Gasteiger partial charge in [-0.05, 0) is 18.8 Å². The van der Waals surface area contributed by atoms with Crippen LogP contribution in [0.15, 0.2) is 4.34 Å². The molecule has 22 heavy (non-hydrogen) atoms. The maximum Gasteiger partial charge on any atom is 0.272 e. The summed E-state index contributed by atoms with van der Waals surface area (Å²) in [5.74, 6) is 0.321. The largest absolute Gasteiger partial charge is 0.300 e. The van der Waals surface area contributed by atoms with Gasteiger partial charge >= 0.3 is 0 Å². The molecule has 2 rings (SSSR count). The molecular weight excluding hydrogens is 324 g/mol. The number of nitrogens with zero attached hydrogens (tertiary/aromatic N) is 3. The van der Waals surface area contributed by atoms with Crippen LogP contribution in [0.1, 0.15) is 40.5 Å². The Morgan fingerprint density at radius 2 is 1.86 bits per heavy atom. The Labute approximate surface area is 135 Å². The third-order valence-electron chi connectivity index (χ3n) is 3.61. The predicted molar refractivity (Wildman–Crippen MR) is 85.2 cm³/mol. The van der Waals surface area contributed by atoms with E-state index in [-0.39, 0.29) is 15.4 Å². The summed E-state index contributed by atoms with van der Waals surface area (Å²) in [7, 11) is -3.61. The van der Waals surface area contributed by atoms with Gasteiger partial charge in [0.2, 0.25) is 15.4 Å². The third-order valence-corrected chi connectivity index (χ3v) is 6.69. The second-order valence-corrected chi connectivity index (χ2v) is 9.75. The highest BCUT2D eigenvalue weighted by Gasteiger charge is 2.32. The van der Waals surface area contributed by atoms with Gasteiger partial charge in [-0.2, -0.15) is 4.31 Å². The van der Waals surface area contributed by atoms with Crippen molar-refractivity contribution in [3.63, 3.8) is 0 Å². The minimum absolute atomic E-state index is 0.0636. The average molecular weight is 346 g/mol. The van der Waals surface area contributed by atoms with Gasteiger partial charge in [0, 0.05) is 18.5 Å². The number of amides is 1. The molecule has 0 unspecified atom stereocenters. The van der Waals surface area contributed by atoms with Crippen LogP contribution < -0.4 is 5.32 Å². The van der Waals surface area contributed by atoms with E-state index in [9.17, 15) is 13.2 Å². The molecule has 0 saturated carbocycles. The van der Waals surface area contributed by atoms with Crippen LogP contribution in [0.2, 0.25) is 0 Å². The van der Waals surface area contributed by atoms with E-state index in [0.29, 0.717) is 19.0 Å². The van der Waals surface area contributed by atoms with E-state index in [4.69, 9.17) is 0 Å². The highest BCUT2D eigenvalue weighted by molar-refractivity contribution is 7.91. The van der Waals surface area contributed by atoms with Gasteiger partial charge in [-0.3, -0.25) is 4.79 Å². The Kier molecular flexibility index (Phi) is 4.88. The van der Waals surface area contributed by atoms with E-state index in [1.807, 2.05) is 0 Å². The molecule has 0 radical (unpaired) electrons. The van der Waals surface area contributed by atoms with Crippen molar-refractivity contribution < 1.29 is 13.2 Å². The SMILES string of the molecule is CC1CCN(S(=O)(=O)c2nnc(NC(=O)C(C)(C)C)s2)CC1. The van der Waals surface area contributed by atoms with Gasteiger partial charge in [0.1, 0.15) is 0 Å². The number of hydrogen-bond donors (Lipinski definition) is 1. The molecule has 124 valence electrons. The average Bonchev–Trinajstić information content (AvgIpc) is 2.87. The van der Waals surface area contributed by atoms with E-state index in [1.165, 1.54) is 4.31 Å².